The fourth-order valence-corrected chi connectivity index (χ4v) is 2.87. The molecule has 2 N–H and O–H groups in total. The van der Waals surface area contributed by atoms with E-state index < -0.39 is 17.3 Å². The van der Waals surface area contributed by atoms with Crippen LogP contribution >= 0.6 is 0 Å². The van der Waals surface area contributed by atoms with Crippen molar-refractivity contribution in [2.75, 3.05) is 0 Å². The fraction of sp³-hybridized carbons (Fsp3) is 0.0588. The summed E-state index contributed by atoms with van der Waals surface area (Å²) in [6.07, 6.45) is -4.51. The van der Waals surface area contributed by atoms with Gasteiger partial charge < -0.3 is 4.98 Å². The van der Waals surface area contributed by atoms with E-state index in [1.54, 1.807) is 30.3 Å². The summed E-state index contributed by atoms with van der Waals surface area (Å²) in [6.45, 7) is 0. The van der Waals surface area contributed by atoms with Gasteiger partial charge >= 0.3 is 6.18 Å². The van der Waals surface area contributed by atoms with Gasteiger partial charge in [-0.1, -0.05) is 30.3 Å². The second kappa shape index (κ2) is 5.80. The molecule has 0 aliphatic carbocycles. The molecule has 0 saturated carbocycles. The minimum atomic E-state index is -4.51. The molecule has 0 unspecified atom stereocenters. The molecule has 4 aromatic rings. The minimum Gasteiger partial charge on any atom is -0.321 e. The molecule has 9 heteroatoms. The number of alkyl halides is 3. The first-order valence-electron chi connectivity index (χ1n) is 7.52. The van der Waals surface area contributed by atoms with Gasteiger partial charge in [-0.15, -0.1) is 5.10 Å². The second-order valence-electron chi connectivity index (χ2n) is 5.58. The van der Waals surface area contributed by atoms with E-state index in [0.29, 0.717) is 11.1 Å². The smallest absolute Gasteiger partial charge is 0.321 e. The monoisotopic (exact) mass is 357 g/mol. The van der Waals surface area contributed by atoms with E-state index >= 15 is 0 Å². The van der Waals surface area contributed by atoms with Crippen molar-refractivity contribution in [3.63, 3.8) is 0 Å². The van der Waals surface area contributed by atoms with Crippen molar-refractivity contribution < 1.29 is 13.2 Å². The largest absolute Gasteiger partial charge is 0.416 e. The molecule has 0 amide bonds. The number of aromatic nitrogens is 5. The molecule has 0 bridgehead atoms. The van der Waals surface area contributed by atoms with E-state index in [9.17, 15) is 18.0 Å². The predicted octanol–water partition coefficient (Wildman–Crippen LogP) is 3.39. The third kappa shape index (κ3) is 2.63. The van der Waals surface area contributed by atoms with Crippen LogP contribution in [0.25, 0.3) is 33.4 Å². The Bertz CT molecular complexity index is 1130. The number of hydrogen-bond acceptors (Lipinski definition) is 4. The van der Waals surface area contributed by atoms with E-state index in [-0.39, 0.29) is 22.3 Å². The van der Waals surface area contributed by atoms with E-state index in [4.69, 9.17) is 0 Å². The zero-order valence-corrected chi connectivity index (χ0v) is 13.0. The molecule has 0 fully saturated rings. The number of hydrogen-bond donors (Lipinski definition) is 2. The van der Waals surface area contributed by atoms with Crippen molar-refractivity contribution in [3.05, 3.63) is 64.4 Å². The number of benzene rings is 2. The van der Waals surface area contributed by atoms with Crippen LogP contribution < -0.4 is 5.56 Å². The van der Waals surface area contributed by atoms with E-state index in [0.717, 1.165) is 12.1 Å². The highest BCUT2D eigenvalue weighted by molar-refractivity contribution is 6.01. The Labute approximate surface area is 143 Å². The Morgan fingerprint density at radius 1 is 0.962 bits per heavy atom. The Morgan fingerprint density at radius 2 is 1.73 bits per heavy atom. The van der Waals surface area contributed by atoms with Crippen LogP contribution in [-0.4, -0.2) is 25.6 Å². The Kier molecular flexibility index (Phi) is 3.57. The van der Waals surface area contributed by atoms with Crippen molar-refractivity contribution in [1.29, 1.82) is 0 Å². The molecule has 2 aromatic heterocycles. The number of nitrogens with zero attached hydrogens (tertiary/aromatic N) is 3. The molecule has 0 saturated heterocycles. The maximum absolute atomic E-state index is 13.2. The van der Waals surface area contributed by atoms with Gasteiger partial charge in [-0.2, -0.15) is 13.2 Å². The van der Waals surface area contributed by atoms with Crippen molar-refractivity contribution in [2.45, 2.75) is 6.18 Å². The van der Waals surface area contributed by atoms with Gasteiger partial charge in [0.15, 0.2) is 5.82 Å². The standard InChI is InChI=1S/C17H10F3N5O/c18-17(19,20)10-6-7-12-11(8-10)13(9-4-2-1-3-5-9)14(16(26)21-12)15-22-24-25-23-15/h1-8H,(H,21,26)(H,22,23,24,25). The topological polar surface area (TPSA) is 87.3 Å². The molecule has 6 nitrogen and oxygen atoms in total. The van der Waals surface area contributed by atoms with Gasteiger partial charge in [0, 0.05) is 16.5 Å². The number of tetrazole rings is 1. The van der Waals surface area contributed by atoms with Gasteiger partial charge in [-0.3, -0.25) is 4.79 Å². The fourth-order valence-electron chi connectivity index (χ4n) is 2.87. The van der Waals surface area contributed by atoms with Gasteiger partial charge in [0.2, 0.25) is 0 Å². The van der Waals surface area contributed by atoms with Crippen LogP contribution in [0.1, 0.15) is 5.56 Å². The first kappa shape index (κ1) is 16.0. The summed E-state index contributed by atoms with van der Waals surface area (Å²) in [5, 5.41) is 13.4. The molecule has 0 radical (unpaired) electrons. The molecule has 2 heterocycles. The Hall–Kier alpha value is -3.49. The highest BCUT2D eigenvalue weighted by atomic mass is 19.4. The number of fused-ring (bicyclic) bond motifs is 1. The molecule has 0 aliphatic rings. The molecule has 4 rings (SSSR count). The van der Waals surface area contributed by atoms with Crippen LogP contribution in [0.3, 0.4) is 0 Å². The Morgan fingerprint density at radius 3 is 2.38 bits per heavy atom. The number of H-pyrrole nitrogens is 2. The van der Waals surface area contributed by atoms with Crippen LogP contribution in [-0.2, 0) is 6.18 Å². The Balaban J connectivity index is 2.16. The lowest BCUT2D eigenvalue weighted by Gasteiger charge is -2.13. The van der Waals surface area contributed by atoms with Crippen LogP contribution in [0.2, 0.25) is 0 Å². The zero-order valence-electron chi connectivity index (χ0n) is 13.0. The number of halogens is 3. The molecule has 0 spiro atoms. The zero-order chi connectivity index (χ0) is 18.3. The van der Waals surface area contributed by atoms with Crippen molar-refractivity contribution in [2.24, 2.45) is 0 Å². The second-order valence-corrected chi connectivity index (χ2v) is 5.58. The normalized spacial score (nSPS) is 11.8. The minimum absolute atomic E-state index is 0.0735. The SMILES string of the molecule is O=c1[nH]c2ccc(C(F)(F)F)cc2c(-c2ccccc2)c1-c1nnn[nH]1. The lowest BCUT2D eigenvalue weighted by molar-refractivity contribution is -0.137. The summed E-state index contributed by atoms with van der Waals surface area (Å²) in [7, 11) is 0. The quantitative estimate of drug-likeness (QED) is 0.576. The maximum Gasteiger partial charge on any atom is 0.416 e. The summed E-state index contributed by atoms with van der Waals surface area (Å²) in [5.74, 6) is 0.0735. The van der Waals surface area contributed by atoms with E-state index in [1.807, 2.05) is 0 Å². The van der Waals surface area contributed by atoms with E-state index in [2.05, 4.69) is 25.6 Å². The molecule has 26 heavy (non-hydrogen) atoms. The van der Waals surface area contributed by atoms with Gasteiger partial charge in [-0.05, 0) is 34.2 Å². The lowest BCUT2D eigenvalue weighted by atomic mass is 9.95. The van der Waals surface area contributed by atoms with Crippen LogP contribution in [0.4, 0.5) is 13.2 Å². The van der Waals surface area contributed by atoms with Gasteiger partial charge in [0.05, 0.1) is 11.1 Å². The number of pyridine rings is 1. The summed E-state index contributed by atoms with van der Waals surface area (Å²) in [5.41, 5.74) is -0.0417. The predicted molar refractivity (Wildman–Crippen MR) is 88.2 cm³/mol. The van der Waals surface area contributed by atoms with Crippen molar-refractivity contribution in [1.82, 2.24) is 25.6 Å². The molecule has 0 aliphatic heterocycles. The molecule has 130 valence electrons. The number of aromatic amines is 2. The number of nitrogens with one attached hydrogen (secondary N) is 2. The van der Waals surface area contributed by atoms with Gasteiger partial charge in [-0.25, -0.2) is 5.10 Å². The third-order valence-electron chi connectivity index (χ3n) is 3.99. The van der Waals surface area contributed by atoms with Crippen LogP contribution in [0.15, 0.2) is 53.3 Å². The van der Waals surface area contributed by atoms with Crippen molar-refractivity contribution in [3.8, 4) is 22.5 Å². The molecule has 0 atom stereocenters. The summed E-state index contributed by atoms with van der Waals surface area (Å²) in [6, 6.07) is 11.9. The first-order valence-corrected chi connectivity index (χ1v) is 7.52. The molecular weight excluding hydrogens is 347 g/mol. The maximum atomic E-state index is 13.2. The third-order valence-corrected chi connectivity index (χ3v) is 3.99. The highest BCUT2D eigenvalue weighted by Gasteiger charge is 2.31. The van der Waals surface area contributed by atoms with Crippen LogP contribution in [0.5, 0.6) is 0 Å². The van der Waals surface area contributed by atoms with E-state index in [1.165, 1.54) is 6.07 Å². The average molecular weight is 357 g/mol. The van der Waals surface area contributed by atoms with Gasteiger partial charge in [0.1, 0.15) is 0 Å². The van der Waals surface area contributed by atoms with Crippen molar-refractivity contribution >= 4 is 10.9 Å². The summed E-state index contributed by atoms with van der Waals surface area (Å²) >= 11 is 0. The number of rotatable bonds is 2. The lowest BCUT2D eigenvalue weighted by Crippen LogP contribution is -2.13. The van der Waals surface area contributed by atoms with Crippen LogP contribution in [0, 0.1) is 0 Å². The van der Waals surface area contributed by atoms with Gasteiger partial charge in [0.25, 0.3) is 5.56 Å². The first-order chi connectivity index (χ1) is 12.4. The molecule has 2 aromatic carbocycles. The average Bonchev–Trinajstić information content (AvgIpc) is 3.14. The summed E-state index contributed by atoms with van der Waals surface area (Å²) in [4.78, 5) is 15.2. The highest BCUT2D eigenvalue weighted by Crippen LogP contribution is 2.37. The summed E-state index contributed by atoms with van der Waals surface area (Å²) < 4.78 is 39.6. The molecular formula is C17H10F3N5O.